The Hall–Kier alpha value is -3.00. The van der Waals surface area contributed by atoms with Crippen LogP contribution in [0, 0.1) is 5.92 Å². The Kier molecular flexibility index (Phi) is 9.20. The smallest absolute Gasteiger partial charge is 0.264 e. The van der Waals surface area contributed by atoms with Gasteiger partial charge in [0.1, 0.15) is 0 Å². The number of amides is 1. The first kappa shape index (κ1) is 26.6. The van der Waals surface area contributed by atoms with Gasteiger partial charge >= 0.3 is 0 Å². The highest BCUT2D eigenvalue weighted by molar-refractivity contribution is 7.89. The van der Waals surface area contributed by atoms with Gasteiger partial charge in [0.05, 0.1) is 12.4 Å². The first-order valence-corrected chi connectivity index (χ1v) is 13.7. The molecule has 0 spiro atoms. The molecule has 1 atom stereocenters. The van der Waals surface area contributed by atoms with Crippen molar-refractivity contribution in [2.45, 2.75) is 32.8 Å². The van der Waals surface area contributed by atoms with E-state index in [0.717, 1.165) is 41.5 Å². The number of hydrogen-bond donors (Lipinski definition) is 3. The zero-order chi connectivity index (χ0) is 25.4. The monoisotopic (exact) mass is 494 g/mol. The summed E-state index contributed by atoms with van der Waals surface area (Å²) < 4.78 is 25.1. The lowest BCUT2D eigenvalue weighted by atomic mass is 9.93. The van der Waals surface area contributed by atoms with Gasteiger partial charge in [0.25, 0.3) is 5.91 Å². The lowest BCUT2D eigenvalue weighted by Gasteiger charge is -2.14. The minimum absolute atomic E-state index is 0.310. The fraction of sp³-hybridized carbons (Fsp3) is 0.321. The molecule has 3 aromatic rings. The molecule has 6 nitrogen and oxygen atoms in total. The number of carbonyl (C=O) groups excluding carboxylic acids is 1. The van der Waals surface area contributed by atoms with E-state index in [9.17, 15) is 18.3 Å². The minimum Gasteiger partial charge on any atom is -0.387 e. The van der Waals surface area contributed by atoms with E-state index in [4.69, 9.17) is 0 Å². The maximum Gasteiger partial charge on any atom is 0.264 e. The molecule has 0 radical (unpaired) electrons. The number of benzene rings is 3. The van der Waals surface area contributed by atoms with Crippen LogP contribution in [-0.2, 0) is 22.9 Å². The Morgan fingerprint density at radius 3 is 2.23 bits per heavy atom. The summed E-state index contributed by atoms with van der Waals surface area (Å²) in [6.45, 7) is 5.38. The van der Waals surface area contributed by atoms with Crippen LogP contribution in [0.3, 0.4) is 0 Å². The molecular formula is C28H34N2O4S. The summed E-state index contributed by atoms with van der Waals surface area (Å²) in [5.74, 6) is -0.291. The van der Waals surface area contributed by atoms with Crippen molar-refractivity contribution < 1.29 is 18.3 Å². The van der Waals surface area contributed by atoms with Crippen LogP contribution in [0.2, 0.25) is 0 Å². The second-order valence-corrected chi connectivity index (χ2v) is 11.0. The second-order valence-electron chi connectivity index (χ2n) is 9.25. The number of aliphatic hydroxyl groups excluding tert-OH is 1. The first-order chi connectivity index (χ1) is 16.6. The molecule has 3 N–H and O–H groups in total. The van der Waals surface area contributed by atoms with E-state index < -0.39 is 22.0 Å². The van der Waals surface area contributed by atoms with Crippen molar-refractivity contribution in [1.29, 1.82) is 0 Å². The highest BCUT2D eigenvalue weighted by Gasteiger charge is 2.17. The third-order valence-electron chi connectivity index (χ3n) is 5.66. The number of rotatable bonds is 11. The molecular weight excluding hydrogens is 460 g/mol. The molecule has 0 aliphatic rings. The zero-order valence-corrected chi connectivity index (χ0v) is 21.3. The maximum absolute atomic E-state index is 12.5. The van der Waals surface area contributed by atoms with E-state index in [1.165, 1.54) is 5.56 Å². The molecule has 35 heavy (non-hydrogen) atoms. The maximum atomic E-state index is 12.5. The van der Waals surface area contributed by atoms with Crippen LogP contribution in [-0.4, -0.2) is 38.8 Å². The summed E-state index contributed by atoms with van der Waals surface area (Å²) in [5.41, 5.74) is 5.30. The van der Waals surface area contributed by atoms with Crippen molar-refractivity contribution in [2.75, 3.05) is 19.3 Å². The summed E-state index contributed by atoms with van der Waals surface area (Å²) >= 11 is 0. The predicted molar refractivity (Wildman–Crippen MR) is 141 cm³/mol. The molecule has 3 aromatic carbocycles. The van der Waals surface area contributed by atoms with E-state index in [-0.39, 0.29) is 0 Å². The van der Waals surface area contributed by atoms with Crippen LogP contribution >= 0.6 is 0 Å². The van der Waals surface area contributed by atoms with E-state index in [1.807, 2.05) is 42.5 Å². The summed E-state index contributed by atoms with van der Waals surface area (Å²) in [7, 11) is -3.63. The van der Waals surface area contributed by atoms with Crippen molar-refractivity contribution in [3.63, 3.8) is 0 Å². The van der Waals surface area contributed by atoms with Crippen LogP contribution in [0.1, 0.15) is 47.0 Å². The standard InChI is InChI=1S/C28H34N2O4S/c1-20(2)17-25-18-24(13-14-26(25)28(32)30-35(3,33)34)22-11-9-21(10-12-22)15-16-29-19-27(31)23-7-5-4-6-8-23/h4-14,18,20,27,29,31H,15-17,19H2,1-3H3,(H,30,32)/t27-/m0/s1. The highest BCUT2D eigenvalue weighted by atomic mass is 32.2. The molecule has 1 amide bonds. The largest absolute Gasteiger partial charge is 0.387 e. The zero-order valence-electron chi connectivity index (χ0n) is 20.5. The van der Waals surface area contributed by atoms with Crippen molar-refractivity contribution in [2.24, 2.45) is 5.92 Å². The molecule has 0 heterocycles. The lowest BCUT2D eigenvalue weighted by Crippen LogP contribution is -2.30. The van der Waals surface area contributed by atoms with Crippen LogP contribution < -0.4 is 10.0 Å². The predicted octanol–water partition coefficient (Wildman–Crippen LogP) is 4.11. The van der Waals surface area contributed by atoms with E-state index in [0.29, 0.717) is 24.4 Å². The van der Waals surface area contributed by atoms with Crippen molar-refractivity contribution >= 4 is 15.9 Å². The normalized spacial score (nSPS) is 12.5. The third-order valence-corrected chi connectivity index (χ3v) is 6.21. The molecule has 7 heteroatoms. The fourth-order valence-electron chi connectivity index (χ4n) is 3.96. The molecule has 0 aliphatic heterocycles. The van der Waals surface area contributed by atoms with E-state index >= 15 is 0 Å². The van der Waals surface area contributed by atoms with Crippen molar-refractivity contribution in [1.82, 2.24) is 10.0 Å². The van der Waals surface area contributed by atoms with Crippen LogP contribution in [0.5, 0.6) is 0 Å². The van der Waals surface area contributed by atoms with E-state index in [1.54, 1.807) is 6.07 Å². The lowest BCUT2D eigenvalue weighted by molar-refractivity contribution is 0.0980. The summed E-state index contributed by atoms with van der Waals surface area (Å²) in [6.07, 6.45) is 1.95. The average molecular weight is 495 g/mol. The van der Waals surface area contributed by atoms with Gasteiger partial charge in [0.15, 0.2) is 0 Å². The molecule has 0 saturated carbocycles. The Bertz CT molecular complexity index is 1220. The number of aliphatic hydroxyl groups is 1. The molecule has 0 saturated heterocycles. The fourth-order valence-corrected chi connectivity index (χ4v) is 4.40. The van der Waals surface area contributed by atoms with Crippen LogP contribution in [0.15, 0.2) is 72.8 Å². The summed E-state index contributed by atoms with van der Waals surface area (Å²) in [5, 5.41) is 13.6. The molecule has 3 rings (SSSR count). The second kappa shape index (κ2) is 12.1. The molecule has 186 valence electrons. The van der Waals surface area contributed by atoms with Gasteiger partial charge in [-0.25, -0.2) is 13.1 Å². The Morgan fingerprint density at radius 1 is 0.943 bits per heavy atom. The molecule has 0 aliphatic carbocycles. The molecule has 0 unspecified atom stereocenters. The number of hydrogen-bond acceptors (Lipinski definition) is 5. The molecule has 0 aromatic heterocycles. The van der Waals surface area contributed by atoms with Gasteiger partial charge in [0.2, 0.25) is 10.0 Å². The Balaban J connectivity index is 1.64. The van der Waals surface area contributed by atoms with Crippen LogP contribution in [0.4, 0.5) is 0 Å². The van der Waals surface area contributed by atoms with Gasteiger partial charge in [-0.05, 0) is 59.2 Å². The topological polar surface area (TPSA) is 95.5 Å². The number of carbonyl (C=O) groups is 1. The van der Waals surface area contributed by atoms with Gasteiger partial charge in [0, 0.05) is 12.1 Å². The molecule has 0 bridgehead atoms. The average Bonchev–Trinajstić information content (AvgIpc) is 2.81. The van der Waals surface area contributed by atoms with Crippen LogP contribution in [0.25, 0.3) is 11.1 Å². The summed E-state index contributed by atoms with van der Waals surface area (Å²) in [6, 6.07) is 23.4. The highest BCUT2D eigenvalue weighted by Crippen LogP contribution is 2.25. The number of nitrogens with one attached hydrogen (secondary N) is 2. The van der Waals surface area contributed by atoms with Gasteiger partial charge in [-0.1, -0.05) is 80.6 Å². The van der Waals surface area contributed by atoms with Gasteiger partial charge < -0.3 is 10.4 Å². The van der Waals surface area contributed by atoms with E-state index in [2.05, 4.69) is 48.2 Å². The Labute approximate surface area is 208 Å². The Morgan fingerprint density at radius 2 is 1.60 bits per heavy atom. The quantitative estimate of drug-likeness (QED) is 0.349. The number of sulfonamides is 1. The first-order valence-electron chi connectivity index (χ1n) is 11.8. The minimum atomic E-state index is -3.63. The molecule has 0 fully saturated rings. The van der Waals surface area contributed by atoms with Crippen molar-refractivity contribution in [3.05, 3.63) is 95.1 Å². The van der Waals surface area contributed by atoms with Crippen molar-refractivity contribution in [3.8, 4) is 11.1 Å². The summed E-state index contributed by atoms with van der Waals surface area (Å²) in [4.78, 5) is 12.5. The van der Waals surface area contributed by atoms with Gasteiger partial charge in [-0.15, -0.1) is 0 Å². The SMILES string of the molecule is CC(C)Cc1cc(-c2ccc(CCNC[C@H](O)c3ccccc3)cc2)ccc1C(=O)NS(C)(=O)=O. The third kappa shape index (κ3) is 8.31. The van der Waals surface area contributed by atoms with Gasteiger partial charge in [-0.3, -0.25) is 4.79 Å². The van der Waals surface area contributed by atoms with Gasteiger partial charge in [-0.2, -0.15) is 0 Å².